The summed E-state index contributed by atoms with van der Waals surface area (Å²) < 4.78 is 20.5. The van der Waals surface area contributed by atoms with E-state index in [0.29, 0.717) is 29.1 Å². The molecule has 8 nitrogen and oxygen atoms in total. The molecule has 1 aromatic heterocycles. The van der Waals surface area contributed by atoms with Gasteiger partial charge in [0.25, 0.3) is 5.91 Å². The molecule has 0 saturated heterocycles. The second-order valence-electron chi connectivity index (χ2n) is 8.67. The van der Waals surface area contributed by atoms with Crippen molar-refractivity contribution < 1.29 is 18.7 Å². The van der Waals surface area contributed by atoms with E-state index in [1.807, 2.05) is 31.2 Å². The molecule has 1 aliphatic carbocycles. The van der Waals surface area contributed by atoms with Crippen LogP contribution in [0.3, 0.4) is 0 Å². The molecule has 0 unspecified atom stereocenters. The Morgan fingerprint density at radius 3 is 2.50 bits per heavy atom. The fourth-order valence-electron chi connectivity index (χ4n) is 4.25. The number of benzene rings is 3. The van der Waals surface area contributed by atoms with Gasteiger partial charge in [-0.1, -0.05) is 29.5 Å². The van der Waals surface area contributed by atoms with Gasteiger partial charge in [0.15, 0.2) is 0 Å². The van der Waals surface area contributed by atoms with Gasteiger partial charge < -0.3 is 15.0 Å². The number of aromatic nitrogens is 3. The fourth-order valence-corrected chi connectivity index (χ4v) is 4.25. The first kappa shape index (κ1) is 23.5. The van der Waals surface area contributed by atoms with E-state index in [4.69, 9.17) is 4.74 Å². The van der Waals surface area contributed by atoms with Crippen LogP contribution in [0.1, 0.15) is 31.4 Å². The SMILES string of the molecule is CCOc1ccc([C@H](C(=O)Nc2ccc(F)cc2)N(C(=O)Cn2nnc3ccccc32)C2CC2)cc1. The van der Waals surface area contributed by atoms with Crippen LogP contribution >= 0.6 is 0 Å². The van der Waals surface area contributed by atoms with Crippen LogP contribution in [-0.4, -0.2) is 44.4 Å². The maximum absolute atomic E-state index is 13.7. The molecule has 5 rings (SSSR count). The molecule has 0 spiro atoms. The summed E-state index contributed by atoms with van der Waals surface area (Å²) in [6, 6.07) is 19.2. The minimum absolute atomic E-state index is 0.0473. The summed E-state index contributed by atoms with van der Waals surface area (Å²) in [6.45, 7) is 2.37. The summed E-state index contributed by atoms with van der Waals surface area (Å²) in [7, 11) is 0. The average molecular weight is 488 g/mol. The number of halogens is 1. The van der Waals surface area contributed by atoms with Gasteiger partial charge in [-0.15, -0.1) is 5.10 Å². The summed E-state index contributed by atoms with van der Waals surface area (Å²) in [5.74, 6) is -0.334. The highest BCUT2D eigenvalue weighted by molar-refractivity contribution is 5.98. The van der Waals surface area contributed by atoms with Gasteiger partial charge in [-0.05, 0) is 73.9 Å². The minimum atomic E-state index is -0.888. The lowest BCUT2D eigenvalue weighted by Gasteiger charge is -2.31. The summed E-state index contributed by atoms with van der Waals surface area (Å²) in [6.07, 6.45) is 1.61. The average Bonchev–Trinajstić information content (AvgIpc) is 3.65. The van der Waals surface area contributed by atoms with E-state index in [1.165, 1.54) is 24.3 Å². The first-order valence-corrected chi connectivity index (χ1v) is 11.9. The highest BCUT2D eigenvalue weighted by atomic mass is 19.1. The standard InChI is InChI=1S/C27H26FN5O3/c1-2-36-22-15-7-18(8-16-22)26(27(35)29-20-11-9-19(28)10-12-20)33(21-13-14-21)25(34)17-32-24-6-4-3-5-23(24)30-31-32/h3-12,15-16,21,26H,2,13-14,17H2,1H3,(H,29,35)/t26-/m1/s1. The van der Waals surface area contributed by atoms with Gasteiger partial charge in [0, 0.05) is 11.7 Å². The predicted molar refractivity (Wildman–Crippen MR) is 133 cm³/mol. The molecule has 1 atom stereocenters. The summed E-state index contributed by atoms with van der Waals surface area (Å²) in [4.78, 5) is 29.0. The van der Waals surface area contributed by atoms with Crippen molar-refractivity contribution in [3.05, 3.63) is 84.2 Å². The van der Waals surface area contributed by atoms with Gasteiger partial charge >= 0.3 is 0 Å². The molecule has 1 fully saturated rings. The molecular weight excluding hydrogens is 461 g/mol. The Labute approximate surface area is 207 Å². The van der Waals surface area contributed by atoms with E-state index >= 15 is 0 Å². The number of hydrogen-bond donors (Lipinski definition) is 1. The van der Waals surface area contributed by atoms with Crippen molar-refractivity contribution in [1.82, 2.24) is 19.9 Å². The molecule has 1 aliphatic rings. The molecule has 4 aromatic rings. The number of amides is 2. The first-order valence-electron chi connectivity index (χ1n) is 11.9. The van der Waals surface area contributed by atoms with E-state index in [1.54, 1.807) is 33.8 Å². The maximum atomic E-state index is 13.7. The van der Waals surface area contributed by atoms with E-state index in [9.17, 15) is 14.0 Å². The van der Waals surface area contributed by atoms with Crippen molar-refractivity contribution in [2.45, 2.75) is 38.4 Å². The van der Waals surface area contributed by atoms with Crippen LogP contribution in [0.2, 0.25) is 0 Å². The van der Waals surface area contributed by atoms with Gasteiger partial charge in [-0.25, -0.2) is 9.07 Å². The zero-order valence-corrected chi connectivity index (χ0v) is 19.8. The second kappa shape index (κ2) is 10.2. The van der Waals surface area contributed by atoms with E-state index in [0.717, 1.165) is 18.4 Å². The summed E-state index contributed by atoms with van der Waals surface area (Å²) in [5, 5.41) is 11.1. The second-order valence-corrected chi connectivity index (χ2v) is 8.67. The topological polar surface area (TPSA) is 89.4 Å². The molecular formula is C27H26FN5O3. The third-order valence-electron chi connectivity index (χ3n) is 6.08. The van der Waals surface area contributed by atoms with Crippen LogP contribution in [-0.2, 0) is 16.1 Å². The molecule has 3 aromatic carbocycles. The lowest BCUT2D eigenvalue weighted by Crippen LogP contribution is -2.44. The van der Waals surface area contributed by atoms with Crippen molar-refractivity contribution >= 4 is 28.5 Å². The van der Waals surface area contributed by atoms with E-state index in [-0.39, 0.29) is 24.4 Å². The van der Waals surface area contributed by atoms with Crippen LogP contribution in [0.15, 0.2) is 72.8 Å². The molecule has 0 bridgehead atoms. The first-order chi connectivity index (χ1) is 17.5. The summed E-state index contributed by atoms with van der Waals surface area (Å²) in [5.41, 5.74) is 2.54. The largest absolute Gasteiger partial charge is 0.494 e. The van der Waals surface area contributed by atoms with Crippen molar-refractivity contribution in [3.63, 3.8) is 0 Å². The number of rotatable bonds is 9. The Kier molecular flexibility index (Phi) is 6.62. The number of nitrogens with zero attached hydrogens (tertiary/aromatic N) is 4. The maximum Gasteiger partial charge on any atom is 0.251 e. The number of ether oxygens (including phenoxy) is 1. The third kappa shape index (κ3) is 5.05. The fraction of sp³-hybridized carbons (Fsp3) is 0.259. The Bertz CT molecular complexity index is 1370. The number of para-hydroxylation sites is 1. The Morgan fingerprint density at radius 1 is 1.08 bits per heavy atom. The molecule has 1 N–H and O–H groups in total. The van der Waals surface area contributed by atoms with Crippen LogP contribution < -0.4 is 10.1 Å². The van der Waals surface area contributed by atoms with Gasteiger partial charge in [0.05, 0.1) is 12.1 Å². The van der Waals surface area contributed by atoms with E-state index < -0.39 is 11.9 Å². The number of hydrogen-bond acceptors (Lipinski definition) is 5. The minimum Gasteiger partial charge on any atom is -0.494 e. The Hall–Kier alpha value is -4.27. The predicted octanol–water partition coefficient (Wildman–Crippen LogP) is 4.34. The summed E-state index contributed by atoms with van der Waals surface area (Å²) >= 11 is 0. The van der Waals surface area contributed by atoms with Gasteiger partial charge in [-0.3, -0.25) is 9.59 Å². The highest BCUT2D eigenvalue weighted by Crippen LogP contribution is 2.36. The van der Waals surface area contributed by atoms with Crippen LogP contribution in [0, 0.1) is 5.82 Å². The smallest absolute Gasteiger partial charge is 0.251 e. The number of carbonyl (C=O) groups excluding carboxylic acids is 2. The lowest BCUT2D eigenvalue weighted by atomic mass is 10.0. The molecule has 36 heavy (non-hydrogen) atoms. The highest BCUT2D eigenvalue weighted by Gasteiger charge is 2.41. The van der Waals surface area contributed by atoms with Gasteiger partial charge in [0.2, 0.25) is 5.91 Å². The molecule has 184 valence electrons. The molecule has 0 aliphatic heterocycles. The van der Waals surface area contributed by atoms with Gasteiger partial charge in [0.1, 0.15) is 29.7 Å². The van der Waals surface area contributed by atoms with Crippen LogP contribution in [0.25, 0.3) is 11.0 Å². The zero-order valence-electron chi connectivity index (χ0n) is 19.8. The normalized spacial score (nSPS) is 13.8. The van der Waals surface area contributed by atoms with Crippen molar-refractivity contribution in [1.29, 1.82) is 0 Å². The lowest BCUT2D eigenvalue weighted by molar-refractivity contribution is -0.140. The van der Waals surface area contributed by atoms with Crippen molar-refractivity contribution in [2.75, 3.05) is 11.9 Å². The van der Waals surface area contributed by atoms with Crippen LogP contribution in [0.4, 0.5) is 10.1 Å². The monoisotopic (exact) mass is 487 g/mol. The van der Waals surface area contributed by atoms with Crippen molar-refractivity contribution in [2.24, 2.45) is 0 Å². The third-order valence-corrected chi connectivity index (χ3v) is 6.08. The molecule has 2 amide bonds. The van der Waals surface area contributed by atoms with E-state index in [2.05, 4.69) is 15.6 Å². The molecule has 1 heterocycles. The van der Waals surface area contributed by atoms with Crippen molar-refractivity contribution in [3.8, 4) is 5.75 Å². The molecule has 9 heteroatoms. The van der Waals surface area contributed by atoms with Crippen LogP contribution in [0.5, 0.6) is 5.75 Å². The number of carbonyl (C=O) groups is 2. The number of fused-ring (bicyclic) bond motifs is 1. The quantitative estimate of drug-likeness (QED) is 0.379. The Morgan fingerprint density at radius 2 is 1.81 bits per heavy atom. The van der Waals surface area contributed by atoms with Gasteiger partial charge in [-0.2, -0.15) is 0 Å². The zero-order chi connectivity index (χ0) is 25.1. The Balaban J connectivity index is 1.47. The molecule has 0 radical (unpaired) electrons. The number of nitrogens with one attached hydrogen (secondary N) is 1. The number of anilines is 1. The molecule has 1 saturated carbocycles.